The number of piperazine rings is 1. The first-order valence-corrected chi connectivity index (χ1v) is 17.5. The topological polar surface area (TPSA) is 127 Å². The lowest BCUT2D eigenvalue weighted by molar-refractivity contribution is -0.152. The minimum Gasteiger partial charge on any atom is -0.459 e. The van der Waals surface area contributed by atoms with Crippen LogP contribution in [-0.4, -0.2) is 83.8 Å². The van der Waals surface area contributed by atoms with Crippen LogP contribution < -0.4 is 9.21 Å². The Morgan fingerprint density at radius 3 is 2.02 bits per heavy atom. The monoisotopic (exact) mass is 716 g/mol. The van der Waals surface area contributed by atoms with E-state index in [9.17, 15) is 18.0 Å². The maximum atomic E-state index is 13.9. The molecule has 0 spiro atoms. The molecule has 2 aromatic heterocycles. The number of aromatic nitrogens is 3. The first-order chi connectivity index (χ1) is 22.4. The average molecular weight is 718 g/mol. The van der Waals surface area contributed by atoms with Gasteiger partial charge in [-0.3, -0.25) is 13.7 Å². The molecule has 256 valence electrons. The molecule has 0 atom stereocenters. The zero-order valence-corrected chi connectivity index (χ0v) is 29.9. The van der Waals surface area contributed by atoms with Gasteiger partial charge >= 0.3 is 12.1 Å². The van der Waals surface area contributed by atoms with Gasteiger partial charge in [0.05, 0.1) is 28.5 Å². The van der Waals surface area contributed by atoms with E-state index in [1.54, 1.807) is 62.5 Å². The molecule has 1 fully saturated rings. The molecule has 0 unspecified atom stereocenters. The van der Waals surface area contributed by atoms with E-state index in [-0.39, 0.29) is 26.7 Å². The van der Waals surface area contributed by atoms with Crippen LogP contribution in [0.2, 0.25) is 10.0 Å². The van der Waals surface area contributed by atoms with Crippen molar-refractivity contribution in [2.24, 2.45) is 0 Å². The Kier molecular flexibility index (Phi) is 9.87. The summed E-state index contributed by atoms with van der Waals surface area (Å²) in [5, 5.41) is 0.979. The van der Waals surface area contributed by atoms with E-state index in [0.29, 0.717) is 43.2 Å². The number of fused-ring (bicyclic) bond motifs is 1. The van der Waals surface area contributed by atoms with Crippen LogP contribution in [0.25, 0.3) is 16.7 Å². The van der Waals surface area contributed by atoms with Crippen LogP contribution in [-0.2, 0) is 24.3 Å². The van der Waals surface area contributed by atoms with Crippen LogP contribution >= 0.6 is 23.2 Å². The lowest BCUT2D eigenvalue weighted by Gasteiger charge is -2.36. The number of hydrogen-bond acceptors (Lipinski definition) is 9. The second-order valence-electron chi connectivity index (χ2n) is 13.3. The Labute approximate surface area is 290 Å². The number of benzene rings is 2. The van der Waals surface area contributed by atoms with E-state index in [0.717, 1.165) is 9.82 Å². The van der Waals surface area contributed by atoms with Crippen molar-refractivity contribution >= 4 is 67.7 Å². The second-order valence-corrected chi connectivity index (χ2v) is 16.1. The number of halogens is 2. The summed E-state index contributed by atoms with van der Waals surface area (Å²) in [7, 11) is -4.29. The highest BCUT2D eigenvalue weighted by atomic mass is 35.5. The Hall–Kier alpha value is -4.07. The summed E-state index contributed by atoms with van der Waals surface area (Å²) in [4.78, 5) is 38.2. The molecule has 3 heterocycles. The number of amides is 1. The number of sulfonamides is 1. The number of anilines is 2. The smallest absolute Gasteiger partial charge is 0.410 e. The SMILES string of the molecule is CC(C)(C)OC(=O)CN(c1ccc2c(ccn2-c2cnc(N3CCN(C(=O)OC(C)(C)C)CC3)cn2)c1)S(=O)(=O)c1cc(Cl)cc(Cl)c1. The van der Waals surface area contributed by atoms with Crippen molar-refractivity contribution in [1.29, 1.82) is 0 Å². The molecule has 15 heteroatoms. The van der Waals surface area contributed by atoms with Crippen LogP contribution in [0, 0.1) is 0 Å². The van der Waals surface area contributed by atoms with Gasteiger partial charge in [0.1, 0.15) is 23.6 Å². The van der Waals surface area contributed by atoms with Gasteiger partial charge in [-0.25, -0.2) is 23.2 Å². The summed E-state index contributed by atoms with van der Waals surface area (Å²) in [6.45, 7) is 12.3. The third-order valence-electron chi connectivity index (χ3n) is 7.21. The van der Waals surface area contributed by atoms with Gasteiger partial charge in [-0.2, -0.15) is 0 Å². The number of esters is 1. The molecule has 1 amide bonds. The summed E-state index contributed by atoms with van der Waals surface area (Å²) in [6.07, 6.45) is 4.82. The van der Waals surface area contributed by atoms with Gasteiger partial charge in [0.2, 0.25) is 0 Å². The number of nitrogens with zero attached hydrogens (tertiary/aromatic N) is 6. The normalized spacial score (nSPS) is 14.2. The molecule has 5 rings (SSSR count). The molecule has 1 saturated heterocycles. The molecule has 4 aromatic rings. The van der Waals surface area contributed by atoms with Crippen molar-refractivity contribution in [3.8, 4) is 5.82 Å². The molecule has 2 aromatic carbocycles. The Morgan fingerprint density at radius 1 is 0.833 bits per heavy atom. The Morgan fingerprint density at radius 2 is 1.44 bits per heavy atom. The fourth-order valence-corrected chi connectivity index (χ4v) is 7.27. The lowest BCUT2D eigenvalue weighted by Crippen LogP contribution is -2.50. The van der Waals surface area contributed by atoms with Crippen molar-refractivity contribution in [2.45, 2.75) is 57.6 Å². The summed E-state index contributed by atoms with van der Waals surface area (Å²) in [5.41, 5.74) is -0.387. The molecule has 0 saturated carbocycles. The van der Waals surface area contributed by atoms with E-state index >= 15 is 0 Å². The van der Waals surface area contributed by atoms with Gasteiger partial charge in [0, 0.05) is 47.8 Å². The van der Waals surface area contributed by atoms with Crippen LogP contribution in [0.3, 0.4) is 0 Å². The van der Waals surface area contributed by atoms with Crippen LogP contribution in [0.5, 0.6) is 0 Å². The molecular weight excluding hydrogens is 679 g/mol. The number of carbonyl (C=O) groups is 2. The van der Waals surface area contributed by atoms with E-state index in [1.807, 2.05) is 31.4 Å². The fraction of sp³-hybridized carbons (Fsp3) is 0.394. The van der Waals surface area contributed by atoms with Gasteiger partial charge in [-0.05, 0) is 84.0 Å². The molecule has 0 bridgehead atoms. The minimum absolute atomic E-state index is 0.140. The number of rotatable bonds is 7. The molecule has 1 aliphatic rings. The summed E-state index contributed by atoms with van der Waals surface area (Å²) in [5.74, 6) is 0.518. The number of ether oxygens (including phenoxy) is 2. The fourth-order valence-electron chi connectivity index (χ4n) is 5.14. The van der Waals surface area contributed by atoms with Crippen LogP contribution in [0.4, 0.5) is 16.3 Å². The molecule has 12 nitrogen and oxygen atoms in total. The summed E-state index contributed by atoms with van der Waals surface area (Å²) in [6, 6.07) is 10.8. The van der Waals surface area contributed by atoms with Crippen molar-refractivity contribution < 1.29 is 27.5 Å². The number of carbonyl (C=O) groups excluding carboxylic acids is 2. The molecule has 1 aliphatic heterocycles. The maximum absolute atomic E-state index is 13.9. The van der Waals surface area contributed by atoms with Crippen molar-refractivity contribution in [3.05, 3.63) is 71.1 Å². The Bertz CT molecular complexity index is 1910. The molecule has 0 N–H and O–H groups in total. The van der Waals surface area contributed by atoms with Gasteiger partial charge in [-0.15, -0.1) is 0 Å². The maximum Gasteiger partial charge on any atom is 0.410 e. The highest BCUT2D eigenvalue weighted by Gasteiger charge is 2.31. The standard InChI is InChI=1S/C33H38Cl2N6O6S/c1-32(2,3)46-30(42)21-41(48(44,45)26-17-23(34)16-24(35)18-26)25-7-8-27-22(15-25)9-10-40(27)29-20-36-28(19-37-29)38-11-13-39(14-12-38)31(43)47-33(4,5)6/h7-10,15-20H,11-14,21H2,1-6H3. The Balaban J connectivity index is 1.38. The highest BCUT2D eigenvalue weighted by Crippen LogP contribution is 2.31. The summed E-state index contributed by atoms with van der Waals surface area (Å²) >= 11 is 12.3. The summed E-state index contributed by atoms with van der Waals surface area (Å²) < 4.78 is 41.6. The minimum atomic E-state index is -4.29. The van der Waals surface area contributed by atoms with Gasteiger partial charge in [-0.1, -0.05) is 23.2 Å². The predicted molar refractivity (Wildman–Crippen MR) is 186 cm³/mol. The van der Waals surface area contributed by atoms with E-state index in [2.05, 4.69) is 14.9 Å². The van der Waals surface area contributed by atoms with Crippen molar-refractivity contribution in [1.82, 2.24) is 19.4 Å². The molecule has 0 radical (unpaired) electrons. The lowest BCUT2D eigenvalue weighted by atomic mass is 10.2. The zero-order valence-electron chi connectivity index (χ0n) is 27.6. The average Bonchev–Trinajstić information content (AvgIpc) is 3.41. The molecular formula is C33H38Cl2N6O6S. The van der Waals surface area contributed by atoms with Gasteiger partial charge in [0.25, 0.3) is 10.0 Å². The van der Waals surface area contributed by atoms with Crippen molar-refractivity contribution in [2.75, 3.05) is 41.9 Å². The highest BCUT2D eigenvalue weighted by molar-refractivity contribution is 7.92. The van der Waals surface area contributed by atoms with E-state index in [4.69, 9.17) is 32.7 Å². The van der Waals surface area contributed by atoms with Gasteiger partial charge < -0.3 is 19.3 Å². The molecule has 48 heavy (non-hydrogen) atoms. The second kappa shape index (κ2) is 13.4. The molecule has 0 aliphatic carbocycles. The zero-order chi connectivity index (χ0) is 35.0. The third-order valence-corrected chi connectivity index (χ3v) is 9.39. The predicted octanol–water partition coefficient (Wildman–Crippen LogP) is 6.32. The van der Waals surface area contributed by atoms with Crippen LogP contribution in [0.1, 0.15) is 41.5 Å². The van der Waals surface area contributed by atoms with E-state index in [1.165, 1.54) is 18.2 Å². The third kappa shape index (κ3) is 8.31. The van der Waals surface area contributed by atoms with Crippen LogP contribution in [0.15, 0.2) is 66.0 Å². The largest absolute Gasteiger partial charge is 0.459 e. The van der Waals surface area contributed by atoms with E-state index < -0.39 is 33.7 Å². The first-order valence-electron chi connectivity index (χ1n) is 15.3. The number of hydrogen-bond donors (Lipinski definition) is 0. The van der Waals surface area contributed by atoms with Gasteiger partial charge in [0.15, 0.2) is 5.82 Å². The van der Waals surface area contributed by atoms with Crippen molar-refractivity contribution in [3.63, 3.8) is 0 Å². The first kappa shape index (κ1) is 35.2. The quantitative estimate of drug-likeness (QED) is 0.202.